The van der Waals surface area contributed by atoms with E-state index in [1.54, 1.807) is 18.2 Å². The summed E-state index contributed by atoms with van der Waals surface area (Å²) in [6.45, 7) is 2.25. The predicted octanol–water partition coefficient (Wildman–Crippen LogP) is 2.15. The molecule has 0 saturated carbocycles. The van der Waals surface area contributed by atoms with Crippen LogP contribution in [0.4, 0.5) is 5.69 Å². The van der Waals surface area contributed by atoms with Gasteiger partial charge in [0, 0.05) is 5.69 Å². The van der Waals surface area contributed by atoms with E-state index in [9.17, 15) is 13.2 Å². The second-order valence-electron chi connectivity index (χ2n) is 5.54. The molecule has 0 unspecified atom stereocenters. The van der Waals surface area contributed by atoms with Crippen LogP contribution in [0.2, 0.25) is 0 Å². The molecular formula is C18H22N2O6S. The van der Waals surface area contributed by atoms with E-state index in [2.05, 4.69) is 5.32 Å². The largest absolute Gasteiger partial charge is 0.495 e. The number of amides is 1. The van der Waals surface area contributed by atoms with Gasteiger partial charge in [-0.3, -0.25) is 4.79 Å². The Bertz CT molecular complexity index is 898. The van der Waals surface area contributed by atoms with E-state index in [4.69, 9.17) is 19.3 Å². The van der Waals surface area contributed by atoms with Crippen LogP contribution in [0.5, 0.6) is 17.2 Å². The van der Waals surface area contributed by atoms with Crippen molar-refractivity contribution in [3.63, 3.8) is 0 Å². The zero-order valence-corrected chi connectivity index (χ0v) is 15.9. The number of benzene rings is 2. The molecule has 2 aromatic carbocycles. The molecular weight excluding hydrogens is 372 g/mol. The minimum absolute atomic E-state index is 0.0914. The lowest BCUT2D eigenvalue weighted by molar-refractivity contribution is -0.118. The Labute approximate surface area is 158 Å². The van der Waals surface area contributed by atoms with Gasteiger partial charge in [0.15, 0.2) is 18.1 Å². The normalized spacial score (nSPS) is 10.9. The molecule has 0 saturated heterocycles. The fourth-order valence-corrected chi connectivity index (χ4v) is 2.94. The molecule has 0 spiro atoms. The minimum atomic E-state index is -4.00. The Morgan fingerprint density at radius 3 is 2.33 bits per heavy atom. The van der Waals surface area contributed by atoms with Gasteiger partial charge in [0.1, 0.15) is 10.6 Å². The number of sulfonamides is 1. The van der Waals surface area contributed by atoms with Gasteiger partial charge in [-0.05, 0) is 36.8 Å². The Hall–Kier alpha value is -2.78. The highest BCUT2D eigenvalue weighted by Gasteiger charge is 2.16. The van der Waals surface area contributed by atoms with E-state index in [1.807, 2.05) is 13.0 Å². The number of primary sulfonamides is 1. The van der Waals surface area contributed by atoms with Crippen molar-refractivity contribution in [1.82, 2.24) is 0 Å². The number of anilines is 1. The number of para-hydroxylation sites is 2. The molecule has 3 N–H and O–H groups in total. The average molecular weight is 394 g/mol. The van der Waals surface area contributed by atoms with Gasteiger partial charge in [-0.25, -0.2) is 13.6 Å². The van der Waals surface area contributed by atoms with Crippen LogP contribution in [0.3, 0.4) is 0 Å². The van der Waals surface area contributed by atoms with Crippen molar-refractivity contribution in [2.45, 2.75) is 18.2 Å². The Kier molecular flexibility index (Phi) is 7.03. The maximum atomic E-state index is 12.1. The van der Waals surface area contributed by atoms with Crippen LogP contribution in [0.1, 0.15) is 13.3 Å². The SMILES string of the molecule is CCCOc1ccccc1OCC(=O)Nc1ccc(OC)c(S(N)(=O)=O)c1. The number of carbonyl (C=O) groups excluding carboxylic acids is 1. The van der Waals surface area contributed by atoms with Gasteiger partial charge >= 0.3 is 0 Å². The lowest BCUT2D eigenvalue weighted by Gasteiger charge is -2.13. The molecule has 2 aromatic rings. The molecule has 0 aliphatic carbocycles. The van der Waals surface area contributed by atoms with Gasteiger partial charge in [0.2, 0.25) is 10.0 Å². The summed E-state index contributed by atoms with van der Waals surface area (Å²) in [5.74, 6) is 0.619. The number of nitrogens with two attached hydrogens (primary N) is 1. The quantitative estimate of drug-likeness (QED) is 0.673. The number of hydrogen-bond acceptors (Lipinski definition) is 6. The van der Waals surface area contributed by atoms with Crippen LogP contribution in [-0.4, -0.2) is 34.6 Å². The van der Waals surface area contributed by atoms with Crippen LogP contribution < -0.4 is 24.7 Å². The zero-order chi connectivity index (χ0) is 19.9. The van der Waals surface area contributed by atoms with E-state index in [0.29, 0.717) is 18.1 Å². The average Bonchev–Trinajstić information content (AvgIpc) is 2.64. The van der Waals surface area contributed by atoms with E-state index in [0.717, 1.165) is 6.42 Å². The van der Waals surface area contributed by atoms with Crippen LogP contribution in [0.25, 0.3) is 0 Å². The van der Waals surface area contributed by atoms with Crippen molar-refractivity contribution in [3.8, 4) is 17.2 Å². The summed E-state index contributed by atoms with van der Waals surface area (Å²) in [4.78, 5) is 11.9. The summed E-state index contributed by atoms with van der Waals surface area (Å²) < 4.78 is 39.3. The van der Waals surface area contributed by atoms with Crippen molar-refractivity contribution in [2.24, 2.45) is 5.14 Å². The monoisotopic (exact) mass is 394 g/mol. The van der Waals surface area contributed by atoms with Crippen LogP contribution in [-0.2, 0) is 14.8 Å². The first-order valence-corrected chi connectivity index (χ1v) is 9.75. The zero-order valence-electron chi connectivity index (χ0n) is 15.1. The summed E-state index contributed by atoms with van der Waals surface area (Å²) in [7, 11) is -2.67. The maximum Gasteiger partial charge on any atom is 0.262 e. The van der Waals surface area contributed by atoms with Crippen molar-refractivity contribution < 1.29 is 27.4 Å². The maximum absolute atomic E-state index is 12.1. The first-order valence-electron chi connectivity index (χ1n) is 8.20. The van der Waals surface area contributed by atoms with Crippen LogP contribution in [0.15, 0.2) is 47.4 Å². The van der Waals surface area contributed by atoms with Crippen molar-refractivity contribution in [3.05, 3.63) is 42.5 Å². The molecule has 146 valence electrons. The first-order chi connectivity index (χ1) is 12.8. The lowest BCUT2D eigenvalue weighted by Crippen LogP contribution is -2.21. The fraction of sp³-hybridized carbons (Fsp3) is 0.278. The molecule has 0 fully saturated rings. The third kappa shape index (κ3) is 5.87. The number of rotatable bonds is 9. The molecule has 0 aliphatic rings. The summed E-state index contributed by atoms with van der Waals surface area (Å²) in [6.07, 6.45) is 0.846. The molecule has 1 amide bonds. The number of methoxy groups -OCH3 is 1. The Balaban J connectivity index is 2.05. The molecule has 0 heterocycles. The fourth-order valence-electron chi connectivity index (χ4n) is 2.22. The first kappa shape index (κ1) is 20.5. The molecule has 0 aromatic heterocycles. The molecule has 0 radical (unpaired) electrons. The van der Waals surface area contributed by atoms with Crippen LogP contribution >= 0.6 is 0 Å². The molecule has 8 nitrogen and oxygen atoms in total. The van der Waals surface area contributed by atoms with Crippen molar-refractivity contribution in [2.75, 3.05) is 25.6 Å². The van der Waals surface area contributed by atoms with E-state index in [-0.39, 0.29) is 22.9 Å². The van der Waals surface area contributed by atoms with Gasteiger partial charge in [-0.2, -0.15) is 0 Å². The molecule has 0 bridgehead atoms. The molecule has 2 rings (SSSR count). The van der Waals surface area contributed by atoms with Crippen molar-refractivity contribution in [1.29, 1.82) is 0 Å². The number of hydrogen-bond donors (Lipinski definition) is 2. The number of nitrogens with one attached hydrogen (secondary N) is 1. The molecule has 9 heteroatoms. The standard InChI is InChI=1S/C18H22N2O6S/c1-3-10-25-14-6-4-5-7-15(14)26-12-18(21)20-13-8-9-16(24-2)17(11-13)27(19,22)23/h4-9,11H,3,10,12H2,1-2H3,(H,20,21)(H2,19,22,23). The van der Waals surface area contributed by atoms with E-state index >= 15 is 0 Å². The second-order valence-corrected chi connectivity index (χ2v) is 7.07. The molecule has 27 heavy (non-hydrogen) atoms. The lowest BCUT2D eigenvalue weighted by atomic mass is 10.3. The Morgan fingerprint density at radius 1 is 1.07 bits per heavy atom. The third-order valence-corrected chi connectivity index (χ3v) is 4.36. The van der Waals surface area contributed by atoms with Crippen molar-refractivity contribution >= 4 is 21.6 Å². The summed E-state index contributed by atoms with van der Waals surface area (Å²) in [5.41, 5.74) is 0.254. The highest BCUT2D eigenvalue weighted by Crippen LogP contribution is 2.27. The predicted molar refractivity (Wildman–Crippen MR) is 101 cm³/mol. The highest BCUT2D eigenvalue weighted by atomic mass is 32.2. The van der Waals surface area contributed by atoms with Gasteiger partial charge < -0.3 is 19.5 Å². The minimum Gasteiger partial charge on any atom is -0.495 e. The summed E-state index contributed by atoms with van der Waals surface area (Å²) >= 11 is 0. The molecule has 0 aliphatic heterocycles. The molecule has 0 atom stereocenters. The number of ether oxygens (including phenoxy) is 3. The topological polar surface area (TPSA) is 117 Å². The number of carbonyl (C=O) groups is 1. The highest BCUT2D eigenvalue weighted by molar-refractivity contribution is 7.89. The van der Waals surface area contributed by atoms with E-state index in [1.165, 1.54) is 25.3 Å². The Morgan fingerprint density at radius 2 is 1.74 bits per heavy atom. The van der Waals surface area contributed by atoms with Gasteiger partial charge in [-0.1, -0.05) is 19.1 Å². The summed E-state index contributed by atoms with van der Waals surface area (Å²) in [5, 5.41) is 7.72. The second kappa shape index (κ2) is 9.24. The van der Waals surface area contributed by atoms with Gasteiger partial charge in [0.05, 0.1) is 13.7 Å². The summed E-state index contributed by atoms with van der Waals surface area (Å²) in [6, 6.07) is 11.2. The van der Waals surface area contributed by atoms with Gasteiger partial charge in [-0.15, -0.1) is 0 Å². The van der Waals surface area contributed by atoms with Gasteiger partial charge in [0.25, 0.3) is 5.91 Å². The van der Waals surface area contributed by atoms with Crippen LogP contribution in [0, 0.1) is 0 Å². The third-order valence-electron chi connectivity index (χ3n) is 3.42. The smallest absolute Gasteiger partial charge is 0.262 e. The van der Waals surface area contributed by atoms with E-state index < -0.39 is 15.9 Å².